The van der Waals surface area contributed by atoms with Crippen LogP contribution in [0.15, 0.2) is 53.9 Å². The molecule has 8 rings (SSSR count). The summed E-state index contributed by atoms with van der Waals surface area (Å²) >= 11 is 0. The fraction of sp³-hybridized carbons (Fsp3) is 0.614. The number of hydrogen-bond donors (Lipinski definition) is 1. The maximum atomic E-state index is 15.0. The number of carbonyl (C=O) groups excluding carboxylic acids is 4. The van der Waals surface area contributed by atoms with E-state index in [0.717, 1.165) is 51.4 Å². The number of ketones is 1. The lowest BCUT2D eigenvalue weighted by atomic mass is 9.86. The molecule has 7 atom stereocenters. The monoisotopic (exact) mass is 817 g/mol. The number of amides is 2. The van der Waals surface area contributed by atoms with E-state index in [1.807, 2.05) is 6.08 Å². The van der Waals surface area contributed by atoms with Gasteiger partial charge in [0.05, 0.1) is 42.7 Å². The molecule has 2 amide bonds. The fourth-order valence-corrected chi connectivity index (χ4v) is 11.5. The summed E-state index contributed by atoms with van der Waals surface area (Å²) in [5, 5.41) is 0.504. The summed E-state index contributed by atoms with van der Waals surface area (Å²) in [5.74, 6) is -2.00. The largest absolute Gasteiger partial charge is 0.497 e. The Labute approximate surface area is 339 Å². The molecule has 13 nitrogen and oxygen atoms in total. The topological polar surface area (TPSA) is 167 Å². The number of Topliss-reactive ketones (excluding diaryl/α,β-unsaturated/α-hetero) is 1. The molecule has 5 fully saturated rings. The Balaban J connectivity index is 1.15. The van der Waals surface area contributed by atoms with Gasteiger partial charge in [-0.15, -0.1) is 6.58 Å². The third-order valence-electron chi connectivity index (χ3n) is 13.7. The van der Waals surface area contributed by atoms with E-state index in [4.69, 9.17) is 14.2 Å². The molecule has 312 valence electrons. The second kappa shape index (κ2) is 16.3. The lowest BCUT2D eigenvalue weighted by molar-refractivity contribution is -0.156. The van der Waals surface area contributed by atoms with Crippen molar-refractivity contribution in [1.29, 1.82) is 0 Å². The summed E-state index contributed by atoms with van der Waals surface area (Å²) in [6, 6.07) is 6.02. The first-order valence-corrected chi connectivity index (χ1v) is 22.7. The first-order valence-electron chi connectivity index (χ1n) is 21.1. The number of nitrogens with one attached hydrogen (secondary N) is 1. The molecule has 1 N–H and O–H groups in total. The average Bonchev–Trinajstić information content (AvgIpc) is 3.99. The van der Waals surface area contributed by atoms with Gasteiger partial charge in [-0.3, -0.25) is 33.3 Å². The van der Waals surface area contributed by atoms with Crippen LogP contribution < -0.4 is 19.8 Å². The first-order chi connectivity index (χ1) is 27.9. The van der Waals surface area contributed by atoms with Crippen molar-refractivity contribution < 1.29 is 41.8 Å². The number of fused-ring (bicyclic) bond motifs is 5. The summed E-state index contributed by atoms with van der Waals surface area (Å²) in [4.78, 5) is 72.7. The highest BCUT2D eigenvalue weighted by atomic mass is 32.2. The number of nitrogens with zero attached hydrogens (tertiary/aromatic N) is 2. The van der Waals surface area contributed by atoms with Crippen LogP contribution in [-0.2, 0) is 40.5 Å². The number of esters is 1. The molecule has 3 heterocycles. The second-order valence-corrected chi connectivity index (χ2v) is 19.4. The van der Waals surface area contributed by atoms with Gasteiger partial charge in [0.25, 0.3) is 5.56 Å². The predicted molar refractivity (Wildman–Crippen MR) is 215 cm³/mol. The van der Waals surface area contributed by atoms with E-state index >= 15 is 0 Å². The van der Waals surface area contributed by atoms with Crippen LogP contribution >= 0.6 is 0 Å². The van der Waals surface area contributed by atoms with Crippen molar-refractivity contribution in [3.63, 3.8) is 0 Å². The maximum Gasteiger partial charge on any atom is 0.306 e. The normalized spacial score (nSPS) is 31.3. The molecule has 4 saturated carbocycles. The SMILES string of the molecule is C=C[C@@H]1C[C@]1(CC(=O)[C@@H]1C[C@@H]2CN1C(=O)[C@H](C1CCCC1)CC(=O)O[C@@H]1CCC[C@H]1C/C=C/CCn1c(cc3cc(OC)ccc3c1=O)O2)C(=O)NS(=O)(=O)C1CC1. The summed E-state index contributed by atoms with van der Waals surface area (Å²) in [5.41, 5.74) is -1.54. The van der Waals surface area contributed by atoms with Gasteiger partial charge >= 0.3 is 5.97 Å². The number of benzene rings is 1. The van der Waals surface area contributed by atoms with E-state index in [1.54, 1.807) is 42.0 Å². The highest BCUT2D eigenvalue weighted by Gasteiger charge is 2.61. The lowest BCUT2D eigenvalue weighted by Gasteiger charge is -2.31. The molecular formula is C44H55N3O10S. The van der Waals surface area contributed by atoms with Gasteiger partial charge in [0.1, 0.15) is 18.0 Å². The van der Waals surface area contributed by atoms with Crippen molar-refractivity contribution in [2.45, 2.75) is 126 Å². The minimum atomic E-state index is -3.87. The van der Waals surface area contributed by atoms with Crippen LogP contribution in [0.25, 0.3) is 10.8 Å². The molecule has 0 spiro atoms. The molecule has 2 bridgehead atoms. The second-order valence-electron chi connectivity index (χ2n) is 17.5. The van der Waals surface area contributed by atoms with E-state index in [2.05, 4.69) is 17.4 Å². The van der Waals surface area contributed by atoms with Gasteiger partial charge in [-0.2, -0.15) is 0 Å². The maximum absolute atomic E-state index is 15.0. The number of pyridine rings is 1. The number of aromatic nitrogens is 1. The highest BCUT2D eigenvalue weighted by Crippen LogP contribution is 2.57. The lowest BCUT2D eigenvalue weighted by Crippen LogP contribution is -2.47. The molecule has 0 radical (unpaired) electrons. The number of sulfonamides is 1. The van der Waals surface area contributed by atoms with E-state index in [-0.39, 0.29) is 67.4 Å². The van der Waals surface area contributed by atoms with Gasteiger partial charge in [-0.1, -0.05) is 31.1 Å². The van der Waals surface area contributed by atoms with E-state index in [1.165, 1.54) is 4.90 Å². The van der Waals surface area contributed by atoms with Gasteiger partial charge < -0.3 is 19.1 Å². The smallest absolute Gasteiger partial charge is 0.306 e. The Hall–Kier alpha value is -4.46. The van der Waals surface area contributed by atoms with Crippen LogP contribution in [0.5, 0.6) is 11.6 Å². The van der Waals surface area contributed by atoms with Crippen LogP contribution in [0.3, 0.4) is 0 Å². The van der Waals surface area contributed by atoms with E-state index in [0.29, 0.717) is 48.2 Å². The average molecular weight is 818 g/mol. The molecule has 6 aliphatic rings. The molecule has 2 aliphatic heterocycles. The molecule has 4 aliphatic carbocycles. The highest BCUT2D eigenvalue weighted by molar-refractivity contribution is 7.90. The van der Waals surface area contributed by atoms with Gasteiger partial charge in [0.2, 0.25) is 21.8 Å². The molecule has 1 saturated heterocycles. The first kappa shape index (κ1) is 40.3. The van der Waals surface area contributed by atoms with E-state index in [9.17, 15) is 32.4 Å². The summed E-state index contributed by atoms with van der Waals surface area (Å²) in [7, 11) is -2.32. The molecule has 0 unspecified atom stereocenters. The minimum Gasteiger partial charge on any atom is -0.497 e. The van der Waals surface area contributed by atoms with Crippen LogP contribution in [0, 0.1) is 29.1 Å². The minimum absolute atomic E-state index is 0.0165. The molecule has 14 heteroatoms. The van der Waals surface area contributed by atoms with Crippen LogP contribution in [0.1, 0.15) is 96.3 Å². The number of methoxy groups -OCH3 is 1. The van der Waals surface area contributed by atoms with Crippen molar-refractivity contribution >= 4 is 44.4 Å². The standard InChI is InChI=1S/C44H55N3O10S/c1-3-30-24-44(30,43(52)45-58(53,54)33-16-17-33)25-37(48)36-22-32-26-47(36)42(51)35(27-10-6-7-11-27)23-40(49)57-38-14-9-13-28(38)12-5-4-8-19-46-39(56-32)21-29-20-31(55-2)15-18-34(29)41(46)50/h3-5,15,18,20-21,27-28,30,32-33,35-36,38H,1,6-14,16-17,19,22-26H2,2H3,(H,45,52)/b5-4+/t28-,30-,32-,35+,36+,38-,44-/m1/s1. The summed E-state index contributed by atoms with van der Waals surface area (Å²) < 4.78 is 47.8. The van der Waals surface area contributed by atoms with Crippen LogP contribution in [0.2, 0.25) is 0 Å². The number of carbonyl (C=O) groups is 4. The van der Waals surface area contributed by atoms with Crippen molar-refractivity contribution in [2.24, 2.45) is 29.1 Å². The van der Waals surface area contributed by atoms with Gasteiger partial charge in [-0.25, -0.2) is 8.42 Å². The zero-order chi connectivity index (χ0) is 40.8. The van der Waals surface area contributed by atoms with Gasteiger partial charge in [-0.05, 0) is 106 Å². The molecule has 2 aromatic rings. The summed E-state index contributed by atoms with van der Waals surface area (Å²) in [6.45, 7) is 4.19. The van der Waals surface area contributed by atoms with Crippen molar-refractivity contribution in [1.82, 2.24) is 14.2 Å². The van der Waals surface area contributed by atoms with E-state index < -0.39 is 56.5 Å². The van der Waals surface area contributed by atoms with Gasteiger partial charge in [0.15, 0.2) is 11.7 Å². The Bertz CT molecular complexity index is 2170. The number of hydrogen-bond acceptors (Lipinski definition) is 10. The molecule has 58 heavy (non-hydrogen) atoms. The Kier molecular flexibility index (Phi) is 11.3. The number of rotatable bonds is 9. The van der Waals surface area contributed by atoms with Crippen molar-refractivity contribution in [3.05, 3.63) is 59.4 Å². The molecular weight excluding hydrogens is 763 g/mol. The predicted octanol–water partition coefficient (Wildman–Crippen LogP) is 5.38. The summed E-state index contributed by atoms with van der Waals surface area (Å²) in [6.07, 6.45) is 13.0. The quantitative estimate of drug-likeness (QED) is 0.257. The van der Waals surface area contributed by atoms with Crippen LogP contribution in [0.4, 0.5) is 0 Å². The Morgan fingerprint density at radius 1 is 1.00 bits per heavy atom. The van der Waals surface area contributed by atoms with Gasteiger partial charge in [0, 0.05) is 30.8 Å². The van der Waals surface area contributed by atoms with Crippen LogP contribution in [-0.4, -0.2) is 78.6 Å². The third kappa shape index (κ3) is 8.09. The Morgan fingerprint density at radius 2 is 1.78 bits per heavy atom. The number of ether oxygens (including phenoxy) is 3. The fourth-order valence-electron chi connectivity index (χ4n) is 10.1. The van der Waals surface area contributed by atoms with Crippen molar-refractivity contribution in [2.75, 3.05) is 13.7 Å². The zero-order valence-electron chi connectivity index (χ0n) is 33.3. The number of allylic oxidation sites excluding steroid dienone is 3. The van der Waals surface area contributed by atoms with Crippen molar-refractivity contribution in [3.8, 4) is 11.6 Å². The third-order valence-corrected chi connectivity index (χ3v) is 15.5. The Morgan fingerprint density at radius 3 is 2.50 bits per heavy atom. The molecule has 1 aromatic heterocycles. The molecule has 1 aromatic carbocycles. The zero-order valence-corrected chi connectivity index (χ0v) is 34.1.